The fourth-order valence-electron chi connectivity index (χ4n) is 2.21. The van der Waals surface area contributed by atoms with Crippen molar-refractivity contribution < 1.29 is 14.7 Å². The van der Waals surface area contributed by atoms with E-state index in [4.69, 9.17) is 5.11 Å². The summed E-state index contributed by atoms with van der Waals surface area (Å²) in [5.74, 6) is -1.04. The van der Waals surface area contributed by atoms with E-state index < -0.39 is 5.97 Å². The van der Waals surface area contributed by atoms with Gasteiger partial charge in [0, 0.05) is 24.3 Å². The van der Waals surface area contributed by atoms with E-state index in [0.29, 0.717) is 12.1 Å². The van der Waals surface area contributed by atoms with Crippen molar-refractivity contribution in [1.29, 1.82) is 0 Å². The summed E-state index contributed by atoms with van der Waals surface area (Å²) in [6.45, 7) is 1.38. The van der Waals surface area contributed by atoms with Gasteiger partial charge in [0.05, 0.1) is 5.92 Å². The molecule has 0 saturated carbocycles. The lowest BCUT2D eigenvalue weighted by atomic mass is 9.97. The Hall–Kier alpha value is -1.84. The minimum atomic E-state index is -0.735. The fraction of sp³-hybridized carbons (Fsp3) is 0.385. The van der Waals surface area contributed by atoms with Gasteiger partial charge in [-0.05, 0) is 25.0 Å². The first-order valence-corrected chi connectivity index (χ1v) is 5.73. The number of carbonyl (C=O) groups is 2. The zero-order valence-electron chi connectivity index (χ0n) is 9.50. The van der Waals surface area contributed by atoms with Gasteiger partial charge in [0.15, 0.2) is 0 Å². The molecule has 1 aliphatic rings. The summed E-state index contributed by atoms with van der Waals surface area (Å²) < 4.78 is 0. The summed E-state index contributed by atoms with van der Waals surface area (Å²) in [5, 5.41) is 9.02. The molecule has 2 rings (SSSR count). The van der Waals surface area contributed by atoms with Crippen LogP contribution in [0.25, 0.3) is 0 Å². The molecule has 1 aromatic carbocycles. The third-order valence-corrected chi connectivity index (χ3v) is 3.14. The monoisotopic (exact) mass is 233 g/mol. The Morgan fingerprint density at radius 2 is 2.29 bits per heavy atom. The highest BCUT2D eigenvalue weighted by molar-refractivity contribution is 5.77. The third kappa shape index (κ3) is 2.64. The van der Waals surface area contributed by atoms with Crippen LogP contribution in [0, 0.1) is 5.92 Å². The van der Waals surface area contributed by atoms with Crippen molar-refractivity contribution in [2.75, 3.05) is 18.0 Å². The lowest BCUT2D eigenvalue weighted by Gasteiger charge is -2.32. The molecular formula is C13H15NO3. The minimum absolute atomic E-state index is 0.302. The molecule has 0 bridgehead atoms. The number of carboxylic acids is 1. The fourth-order valence-corrected chi connectivity index (χ4v) is 2.21. The summed E-state index contributed by atoms with van der Waals surface area (Å²) >= 11 is 0. The van der Waals surface area contributed by atoms with Gasteiger partial charge in [-0.25, -0.2) is 0 Å². The highest BCUT2D eigenvalue weighted by Gasteiger charge is 2.25. The Labute approximate surface area is 99.9 Å². The van der Waals surface area contributed by atoms with Crippen LogP contribution in [-0.4, -0.2) is 30.5 Å². The molecule has 1 heterocycles. The average Bonchev–Trinajstić information content (AvgIpc) is 2.39. The minimum Gasteiger partial charge on any atom is -0.481 e. The van der Waals surface area contributed by atoms with Crippen LogP contribution in [0.3, 0.4) is 0 Å². The molecule has 90 valence electrons. The van der Waals surface area contributed by atoms with Crippen molar-refractivity contribution in [2.24, 2.45) is 5.92 Å². The van der Waals surface area contributed by atoms with Crippen LogP contribution in [-0.2, 0) is 4.79 Å². The Morgan fingerprint density at radius 1 is 1.47 bits per heavy atom. The standard InChI is InChI=1S/C13H15NO3/c15-9-10-3-1-5-12(7-10)14-6-2-4-11(8-14)13(16)17/h1,3,5,7,9,11H,2,4,6,8H2,(H,16,17). The molecule has 0 aliphatic carbocycles. The highest BCUT2D eigenvalue weighted by Crippen LogP contribution is 2.23. The second kappa shape index (κ2) is 4.99. The van der Waals surface area contributed by atoms with E-state index in [0.717, 1.165) is 31.4 Å². The maximum atomic E-state index is 11.0. The first kappa shape index (κ1) is 11.6. The number of rotatable bonds is 3. The molecule has 0 aromatic heterocycles. The molecule has 1 aromatic rings. The number of hydrogen-bond acceptors (Lipinski definition) is 3. The summed E-state index contributed by atoms with van der Waals surface area (Å²) in [5.41, 5.74) is 1.56. The van der Waals surface area contributed by atoms with Crippen molar-refractivity contribution in [3.05, 3.63) is 29.8 Å². The van der Waals surface area contributed by atoms with Crippen LogP contribution in [0.15, 0.2) is 24.3 Å². The molecule has 0 radical (unpaired) electrons. The molecule has 4 heteroatoms. The van der Waals surface area contributed by atoms with Crippen LogP contribution < -0.4 is 4.90 Å². The number of carbonyl (C=O) groups excluding carboxylic acids is 1. The zero-order chi connectivity index (χ0) is 12.3. The first-order chi connectivity index (χ1) is 8.20. The van der Waals surface area contributed by atoms with E-state index in [-0.39, 0.29) is 5.92 Å². The molecule has 1 saturated heterocycles. The zero-order valence-corrected chi connectivity index (χ0v) is 9.50. The highest BCUT2D eigenvalue weighted by atomic mass is 16.4. The second-order valence-electron chi connectivity index (χ2n) is 4.34. The van der Waals surface area contributed by atoms with Gasteiger partial charge < -0.3 is 10.0 Å². The average molecular weight is 233 g/mol. The van der Waals surface area contributed by atoms with Crippen molar-refractivity contribution in [1.82, 2.24) is 0 Å². The number of anilines is 1. The van der Waals surface area contributed by atoms with Crippen molar-refractivity contribution >= 4 is 17.9 Å². The van der Waals surface area contributed by atoms with E-state index in [1.165, 1.54) is 0 Å². The van der Waals surface area contributed by atoms with Gasteiger partial charge >= 0.3 is 5.97 Å². The Morgan fingerprint density at radius 3 is 3.00 bits per heavy atom. The normalized spacial score (nSPS) is 20.0. The van der Waals surface area contributed by atoms with Crippen LogP contribution >= 0.6 is 0 Å². The summed E-state index contributed by atoms with van der Waals surface area (Å²) in [6, 6.07) is 7.28. The van der Waals surface area contributed by atoms with E-state index >= 15 is 0 Å². The Kier molecular flexibility index (Phi) is 3.42. The van der Waals surface area contributed by atoms with Gasteiger partial charge in [-0.2, -0.15) is 0 Å². The number of aliphatic carboxylic acids is 1. The van der Waals surface area contributed by atoms with E-state index in [1.807, 2.05) is 17.0 Å². The second-order valence-corrected chi connectivity index (χ2v) is 4.34. The lowest BCUT2D eigenvalue weighted by Crippen LogP contribution is -2.38. The predicted octanol–water partition coefficient (Wildman–Crippen LogP) is 1.80. The molecule has 1 aliphatic heterocycles. The number of benzene rings is 1. The SMILES string of the molecule is O=Cc1cccc(N2CCCC(C(=O)O)C2)c1. The molecule has 1 N–H and O–H groups in total. The maximum Gasteiger partial charge on any atom is 0.308 e. The molecule has 17 heavy (non-hydrogen) atoms. The van der Waals surface area contributed by atoms with Gasteiger partial charge in [-0.1, -0.05) is 12.1 Å². The molecule has 0 spiro atoms. The maximum absolute atomic E-state index is 11.0. The molecule has 4 nitrogen and oxygen atoms in total. The number of hydrogen-bond donors (Lipinski definition) is 1. The summed E-state index contributed by atoms with van der Waals surface area (Å²) in [6.07, 6.45) is 2.42. The number of piperidine rings is 1. The largest absolute Gasteiger partial charge is 0.481 e. The van der Waals surface area contributed by atoms with Gasteiger partial charge in [-0.3, -0.25) is 9.59 Å². The van der Waals surface area contributed by atoms with Gasteiger partial charge in [0.1, 0.15) is 6.29 Å². The Bertz CT molecular complexity index is 430. The van der Waals surface area contributed by atoms with Crippen LogP contribution in [0.1, 0.15) is 23.2 Å². The van der Waals surface area contributed by atoms with E-state index in [9.17, 15) is 9.59 Å². The van der Waals surface area contributed by atoms with Gasteiger partial charge in [-0.15, -0.1) is 0 Å². The van der Waals surface area contributed by atoms with E-state index in [2.05, 4.69) is 0 Å². The number of carboxylic acid groups (broad SMARTS) is 1. The summed E-state index contributed by atoms with van der Waals surface area (Å²) in [4.78, 5) is 23.7. The first-order valence-electron chi connectivity index (χ1n) is 5.73. The van der Waals surface area contributed by atoms with Crippen molar-refractivity contribution in [2.45, 2.75) is 12.8 Å². The smallest absolute Gasteiger partial charge is 0.308 e. The van der Waals surface area contributed by atoms with Crippen molar-refractivity contribution in [3.8, 4) is 0 Å². The third-order valence-electron chi connectivity index (χ3n) is 3.14. The molecule has 0 amide bonds. The number of nitrogens with zero attached hydrogens (tertiary/aromatic N) is 1. The summed E-state index contributed by atoms with van der Waals surface area (Å²) in [7, 11) is 0. The quantitative estimate of drug-likeness (QED) is 0.809. The molecule has 1 unspecified atom stereocenters. The molecule has 1 fully saturated rings. The van der Waals surface area contributed by atoms with Crippen LogP contribution in [0.2, 0.25) is 0 Å². The molecular weight excluding hydrogens is 218 g/mol. The Balaban J connectivity index is 2.15. The predicted molar refractivity (Wildman–Crippen MR) is 64.4 cm³/mol. The van der Waals surface area contributed by atoms with Gasteiger partial charge in [0.25, 0.3) is 0 Å². The lowest BCUT2D eigenvalue weighted by molar-refractivity contribution is -0.141. The van der Waals surface area contributed by atoms with Gasteiger partial charge in [0.2, 0.25) is 0 Å². The van der Waals surface area contributed by atoms with Crippen LogP contribution in [0.5, 0.6) is 0 Å². The topological polar surface area (TPSA) is 57.6 Å². The van der Waals surface area contributed by atoms with E-state index in [1.54, 1.807) is 12.1 Å². The van der Waals surface area contributed by atoms with Crippen LogP contribution in [0.4, 0.5) is 5.69 Å². The molecule has 1 atom stereocenters. The van der Waals surface area contributed by atoms with Crippen molar-refractivity contribution in [3.63, 3.8) is 0 Å². The number of aldehydes is 1.